The number of allylic oxidation sites excluding steroid dienone is 4. The Morgan fingerprint density at radius 2 is 1.40 bits per heavy atom. The lowest BCUT2D eigenvalue weighted by molar-refractivity contribution is -0.442. The van der Waals surface area contributed by atoms with Gasteiger partial charge in [-0.05, 0) is 56.6 Å². The third-order valence-electron chi connectivity index (χ3n) is 8.17. The van der Waals surface area contributed by atoms with Gasteiger partial charge in [-0.1, -0.05) is 106 Å². The highest BCUT2D eigenvalue weighted by atomic mass is 15.1. The van der Waals surface area contributed by atoms with Gasteiger partial charge in [-0.3, -0.25) is 0 Å². The molecule has 0 saturated carbocycles. The molecule has 6 rings (SSSR count). The first kappa shape index (κ1) is 29.7. The quantitative estimate of drug-likeness (QED) is 0.297. The van der Waals surface area contributed by atoms with Crippen molar-refractivity contribution in [2.24, 2.45) is 5.92 Å². The second-order valence-electron chi connectivity index (χ2n) is 11.2. The fraction of sp³-hybridized carbons (Fsp3) is 0.395. The molecule has 1 heterocycles. The van der Waals surface area contributed by atoms with E-state index in [1.165, 1.54) is 55.9 Å². The predicted octanol–water partition coefficient (Wildman–Crippen LogP) is 8.80. The molecule has 0 spiro atoms. The van der Waals surface area contributed by atoms with Gasteiger partial charge in [0.15, 0.2) is 6.54 Å². The van der Waals surface area contributed by atoms with Crippen molar-refractivity contribution in [1.82, 2.24) is 4.90 Å². The summed E-state index contributed by atoms with van der Waals surface area (Å²) in [4.78, 5) is 2.28. The van der Waals surface area contributed by atoms with E-state index in [2.05, 4.69) is 116 Å². The Bertz CT molecular complexity index is 1370. The van der Waals surface area contributed by atoms with Gasteiger partial charge in [-0.25, -0.2) is 0 Å². The molecule has 3 aromatic carbocycles. The highest BCUT2D eigenvalue weighted by molar-refractivity contribution is 6.07. The number of aryl methyl sites for hydroxylation is 2. The van der Waals surface area contributed by atoms with Crippen LogP contribution in [0.4, 0.5) is 5.69 Å². The van der Waals surface area contributed by atoms with E-state index in [-0.39, 0.29) is 0 Å². The van der Waals surface area contributed by atoms with Crippen LogP contribution in [0.1, 0.15) is 79.0 Å². The lowest BCUT2D eigenvalue weighted by Crippen LogP contribution is -2.30. The fourth-order valence-electron chi connectivity index (χ4n) is 6.52. The molecule has 3 aromatic rings. The molecule has 40 heavy (non-hydrogen) atoms. The van der Waals surface area contributed by atoms with Crippen LogP contribution in [0.5, 0.6) is 0 Å². The number of hydrogen-bond acceptors (Lipinski definition) is 1. The molecule has 2 nitrogen and oxygen atoms in total. The molecule has 2 heteroatoms. The molecule has 1 unspecified atom stereocenters. The van der Waals surface area contributed by atoms with Gasteiger partial charge in [0.25, 0.3) is 0 Å². The average Bonchev–Trinajstić information content (AvgIpc) is 2.97. The van der Waals surface area contributed by atoms with E-state index in [9.17, 15) is 0 Å². The largest absolute Gasteiger partial charge is 0.309 e. The number of nitrogens with zero attached hydrogens (tertiary/aromatic N) is 2. The number of benzene rings is 3. The Morgan fingerprint density at radius 3 is 2.02 bits per heavy atom. The van der Waals surface area contributed by atoms with Crippen molar-refractivity contribution in [3.63, 3.8) is 0 Å². The van der Waals surface area contributed by atoms with Crippen molar-refractivity contribution in [3.05, 3.63) is 123 Å². The van der Waals surface area contributed by atoms with Gasteiger partial charge in [-0.15, -0.1) is 0 Å². The average molecular weight is 534 g/mol. The van der Waals surface area contributed by atoms with Gasteiger partial charge in [0, 0.05) is 54.5 Å². The van der Waals surface area contributed by atoms with Crippen LogP contribution in [0, 0.1) is 19.8 Å². The zero-order valence-electron chi connectivity index (χ0n) is 26.1. The first-order chi connectivity index (χ1) is 19.5. The summed E-state index contributed by atoms with van der Waals surface area (Å²) >= 11 is 0. The van der Waals surface area contributed by atoms with Gasteiger partial charge < -0.3 is 4.90 Å². The summed E-state index contributed by atoms with van der Waals surface area (Å²) < 4.78 is 2.57. The van der Waals surface area contributed by atoms with Crippen LogP contribution >= 0.6 is 0 Å². The summed E-state index contributed by atoms with van der Waals surface area (Å²) in [5.41, 5.74) is 14.4. The third kappa shape index (κ3) is 6.08. The molecule has 0 saturated heterocycles. The predicted molar refractivity (Wildman–Crippen MR) is 174 cm³/mol. The first-order valence-electron chi connectivity index (χ1n) is 15.4. The van der Waals surface area contributed by atoms with Crippen molar-refractivity contribution in [3.8, 4) is 0 Å². The smallest absolute Gasteiger partial charge is 0.209 e. The Morgan fingerprint density at radius 1 is 0.775 bits per heavy atom. The lowest BCUT2D eigenvalue weighted by Gasteiger charge is -2.34. The molecule has 1 aliphatic heterocycles. The maximum atomic E-state index is 2.59. The Balaban J connectivity index is 0.000000886. The zero-order valence-corrected chi connectivity index (χ0v) is 26.1. The minimum absolute atomic E-state index is 0.362. The summed E-state index contributed by atoms with van der Waals surface area (Å²) in [6, 6.07) is 23.2. The zero-order chi connectivity index (χ0) is 28.8. The second-order valence-corrected chi connectivity index (χ2v) is 11.2. The van der Waals surface area contributed by atoms with Crippen LogP contribution in [0.15, 0.2) is 84.5 Å². The molecule has 210 valence electrons. The molecule has 0 bridgehead atoms. The van der Waals surface area contributed by atoms with E-state index < -0.39 is 0 Å². The minimum atomic E-state index is 0.362. The molecule has 3 aliphatic rings. The van der Waals surface area contributed by atoms with Crippen molar-refractivity contribution in [2.45, 2.75) is 66.7 Å². The summed E-state index contributed by atoms with van der Waals surface area (Å²) in [5.74, 6) is 0.732. The molecule has 1 atom stereocenters. The second kappa shape index (κ2) is 13.4. The van der Waals surface area contributed by atoms with Gasteiger partial charge in [0.1, 0.15) is 0 Å². The number of para-hydroxylation sites is 1. The molecule has 0 amide bonds. The summed E-state index contributed by atoms with van der Waals surface area (Å²) in [6.45, 7) is 14.6. The SMILES string of the molecule is CC.CC.Cc1ccc2c(c1)Cc1cc(C)ccc1C2C1C=CC2=[N+](CCCN(C)C)c3ccccc3CC2=C1. The Kier molecular flexibility index (Phi) is 9.98. The molecule has 0 N–H and O–H groups in total. The molecule has 0 aromatic heterocycles. The molecule has 0 radical (unpaired) electrons. The Hall–Kier alpha value is -3.23. The monoisotopic (exact) mass is 533 g/mol. The van der Waals surface area contributed by atoms with Crippen LogP contribution in [-0.2, 0) is 12.8 Å². The van der Waals surface area contributed by atoms with Gasteiger partial charge >= 0.3 is 0 Å². The molecular formula is C38H49N2+. The van der Waals surface area contributed by atoms with Crippen LogP contribution in [-0.4, -0.2) is 42.4 Å². The van der Waals surface area contributed by atoms with E-state index in [1.54, 1.807) is 0 Å². The van der Waals surface area contributed by atoms with E-state index in [0.29, 0.717) is 11.8 Å². The van der Waals surface area contributed by atoms with Crippen LogP contribution in [0.25, 0.3) is 0 Å². The number of rotatable bonds is 5. The number of hydrogen-bond donors (Lipinski definition) is 0. The molecule has 2 aliphatic carbocycles. The highest BCUT2D eigenvalue weighted by Crippen LogP contribution is 2.44. The summed E-state index contributed by atoms with van der Waals surface area (Å²) in [5, 5.41) is 0. The number of fused-ring (bicyclic) bond motifs is 4. The van der Waals surface area contributed by atoms with Gasteiger partial charge in [0.05, 0.1) is 0 Å². The van der Waals surface area contributed by atoms with Crippen molar-refractivity contribution in [1.29, 1.82) is 0 Å². The van der Waals surface area contributed by atoms with E-state index in [1.807, 2.05) is 27.7 Å². The van der Waals surface area contributed by atoms with Crippen molar-refractivity contribution >= 4 is 11.4 Å². The fourth-order valence-corrected chi connectivity index (χ4v) is 6.52. The first-order valence-corrected chi connectivity index (χ1v) is 15.4. The van der Waals surface area contributed by atoms with E-state index in [4.69, 9.17) is 0 Å². The van der Waals surface area contributed by atoms with Crippen molar-refractivity contribution < 1.29 is 4.58 Å². The summed E-state index contributed by atoms with van der Waals surface area (Å²) in [6.07, 6.45) is 10.7. The standard InChI is InChI=1S/C34H37N2.2C2H6/c1-23-10-13-30-27(18-23)22-28-19-24(2)11-14-31(28)34(30)26-12-15-33-29(21-26)20-25-8-5-6-9-32(25)36(33)17-7-16-35(3)4;2*1-2/h5-6,8-15,18-19,21,26,34H,7,16-17,20,22H2,1-4H3;2*1-2H3/q+1;;. The molecular weight excluding hydrogens is 484 g/mol. The normalized spacial score (nSPS) is 16.9. The lowest BCUT2D eigenvalue weighted by atomic mass is 9.69. The maximum absolute atomic E-state index is 2.59. The maximum Gasteiger partial charge on any atom is 0.209 e. The van der Waals surface area contributed by atoms with Crippen LogP contribution in [0.3, 0.4) is 0 Å². The van der Waals surface area contributed by atoms with Gasteiger partial charge in [-0.2, -0.15) is 4.58 Å². The minimum Gasteiger partial charge on any atom is -0.309 e. The van der Waals surface area contributed by atoms with Crippen molar-refractivity contribution in [2.75, 3.05) is 27.2 Å². The molecule has 0 fully saturated rings. The van der Waals surface area contributed by atoms with E-state index in [0.717, 1.165) is 32.4 Å². The topological polar surface area (TPSA) is 6.25 Å². The van der Waals surface area contributed by atoms with E-state index >= 15 is 0 Å². The Labute approximate surface area is 243 Å². The third-order valence-corrected chi connectivity index (χ3v) is 8.17. The van der Waals surface area contributed by atoms with Crippen LogP contribution < -0.4 is 0 Å². The van der Waals surface area contributed by atoms with Crippen LogP contribution in [0.2, 0.25) is 0 Å². The summed E-state index contributed by atoms with van der Waals surface area (Å²) in [7, 11) is 4.33. The van der Waals surface area contributed by atoms with Gasteiger partial charge in [0.2, 0.25) is 11.4 Å². The highest BCUT2D eigenvalue weighted by Gasteiger charge is 2.35.